The summed E-state index contributed by atoms with van der Waals surface area (Å²) >= 11 is 0. The molecule has 2 heterocycles. The second-order valence-corrected chi connectivity index (χ2v) is 5.23. The number of nitrogens with zero attached hydrogens (tertiary/aromatic N) is 2. The molecule has 5 nitrogen and oxygen atoms in total. The first-order chi connectivity index (χ1) is 9.15. The molecule has 2 atom stereocenters. The van der Waals surface area contributed by atoms with E-state index in [4.69, 9.17) is 5.73 Å². The smallest absolute Gasteiger partial charge is 0.226 e. The Labute approximate surface area is 111 Å². The summed E-state index contributed by atoms with van der Waals surface area (Å²) in [6.07, 6.45) is 6.03. The van der Waals surface area contributed by atoms with Crippen LogP contribution in [0.2, 0.25) is 0 Å². The first-order valence-electron chi connectivity index (χ1n) is 6.61. The number of nitrogens with two attached hydrogens (primary N) is 1. The maximum atomic E-state index is 12.0. The molecule has 0 saturated heterocycles. The van der Waals surface area contributed by atoms with Gasteiger partial charge in [0.05, 0.1) is 12.1 Å². The standard InChI is InChI=1S/C14H18N4O/c1-9-3-2-6-18-10(8-16-14(9)18)7-13(19)17-12-5-4-11(12)15/h2-3,6,8,11-12H,4-5,7,15H2,1H3,(H,17,19)/t11-,12+/m1/s1. The lowest BCUT2D eigenvalue weighted by Gasteiger charge is -2.34. The molecule has 0 aliphatic heterocycles. The fraction of sp³-hybridized carbons (Fsp3) is 0.429. The van der Waals surface area contributed by atoms with Crippen LogP contribution in [0.4, 0.5) is 0 Å². The molecule has 0 spiro atoms. The molecule has 19 heavy (non-hydrogen) atoms. The number of aryl methyl sites for hydroxylation is 1. The molecule has 0 bridgehead atoms. The summed E-state index contributed by atoms with van der Waals surface area (Å²) in [5, 5.41) is 2.98. The molecule has 1 amide bonds. The minimum Gasteiger partial charge on any atom is -0.351 e. The van der Waals surface area contributed by atoms with E-state index in [9.17, 15) is 4.79 Å². The monoisotopic (exact) mass is 258 g/mol. The Kier molecular flexibility index (Phi) is 2.98. The van der Waals surface area contributed by atoms with Crippen molar-refractivity contribution in [2.45, 2.75) is 38.3 Å². The fourth-order valence-electron chi connectivity index (χ4n) is 2.46. The Morgan fingerprint density at radius 1 is 1.58 bits per heavy atom. The van der Waals surface area contributed by atoms with Crippen LogP contribution in [0.3, 0.4) is 0 Å². The number of carbonyl (C=O) groups is 1. The predicted octanol–water partition coefficient (Wildman–Crippen LogP) is 0.791. The third-order valence-electron chi connectivity index (χ3n) is 3.82. The summed E-state index contributed by atoms with van der Waals surface area (Å²) in [5.41, 5.74) is 8.74. The van der Waals surface area contributed by atoms with Gasteiger partial charge in [-0.15, -0.1) is 0 Å². The van der Waals surface area contributed by atoms with E-state index < -0.39 is 0 Å². The zero-order valence-electron chi connectivity index (χ0n) is 11.0. The Balaban J connectivity index is 1.74. The van der Waals surface area contributed by atoms with Crippen LogP contribution in [-0.2, 0) is 11.2 Å². The number of pyridine rings is 1. The minimum absolute atomic E-state index is 0.0171. The van der Waals surface area contributed by atoms with Crippen LogP contribution in [0.25, 0.3) is 5.65 Å². The van der Waals surface area contributed by atoms with Gasteiger partial charge in [0.2, 0.25) is 5.91 Å². The van der Waals surface area contributed by atoms with Crippen molar-refractivity contribution in [3.8, 4) is 0 Å². The lowest BCUT2D eigenvalue weighted by atomic mass is 9.87. The largest absolute Gasteiger partial charge is 0.351 e. The summed E-state index contributed by atoms with van der Waals surface area (Å²) in [6, 6.07) is 4.24. The third kappa shape index (κ3) is 2.21. The molecule has 2 aromatic rings. The molecule has 100 valence electrons. The molecule has 1 aliphatic carbocycles. The number of amides is 1. The van der Waals surface area contributed by atoms with Crippen LogP contribution in [0.5, 0.6) is 0 Å². The lowest BCUT2D eigenvalue weighted by Crippen LogP contribution is -2.54. The molecular weight excluding hydrogens is 240 g/mol. The van der Waals surface area contributed by atoms with E-state index in [-0.39, 0.29) is 18.0 Å². The van der Waals surface area contributed by atoms with Crippen molar-refractivity contribution in [2.75, 3.05) is 0 Å². The van der Waals surface area contributed by atoms with Gasteiger partial charge in [0.1, 0.15) is 5.65 Å². The maximum absolute atomic E-state index is 12.0. The molecule has 0 radical (unpaired) electrons. The van der Waals surface area contributed by atoms with Crippen molar-refractivity contribution >= 4 is 11.6 Å². The molecule has 5 heteroatoms. The first kappa shape index (κ1) is 12.2. The average molecular weight is 258 g/mol. The molecule has 1 fully saturated rings. The number of rotatable bonds is 3. The van der Waals surface area contributed by atoms with Crippen LogP contribution in [0.1, 0.15) is 24.1 Å². The van der Waals surface area contributed by atoms with Crippen LogP contribution in [0, 0.1) is 6.92 Å². The van der Waals surface area contributed by atoms with Gasteiger partial charge in [-0.05, 0) is 31.4 Å². The lowest BCUT2D eigenvalue weighted by molar-refractivity contribution is -0.121. The SMILES string of the molecule is Cc1cccn2c(CC(=O)N[C@H]3CC[C@H]3N)cnc12. The zero-order chi connectivity index (χ0) is 13.4. The van der Waals surface area contributed by atoms with E-state index in [0.29, 0.717) is 6.42 Å². The molecule has 0 unspecified atom stereocenters. The summed E-state index contributed by atoms with van der Waals surface area (Å²) in [7, 11) is 0. The number of hydrogen-bond donors (Lipinski definition) is 2. The van der Waals surface area contributed by atoms with E-state index in [1.54, 1.807) is 6.20 Å². The second-order valence-electron chi connectivity index (χ2n) is 5.23. The van der Waals surface area contributed by atoms with E-state index in [2.05, 4.69) is 10.3 Å². The van der Waals surface area contributed by atoms with Crippen molar-refractivity contribution in [3.63, 3.8) is 0 Å². The highest BCUT2D eigenvalue weighted by molar-refractivity contribution is 5.79. The Morgan fingerprint density at radius 3 is 3.11 bits per heavy atom. The van der Waals surface area contributed by atoms with Gasteiger partial charge in [-0.2, -0.15) is 0 Å². The van der Waals surface area contributed by atoms with E-state index in [1.165, 1.54) is 0 Å². The Hall–Kier alpha value is -1.88. The maximum Gasteiger partial charge on any atom is 0.226 e. The summed E-state index contributed by atoms with van der Waals surface area (Å²) in [6.45, 7) is 2.01. The van der Waals surface area contributed by atoms with Crippen molar-refractivity contribution in [2.24, 2.45) is 5.73 Å². The molecular formula is C14H18N4O. The second kappa shape index (κ2) is 4.66. The van der Waals surface area contributed by atoms with E-state index in [0.717, 1.165) is 29.7 Å². The molecule has 1 saturated carbocycles. The highest BCUT2D eigenvalue weighted by Crippen LogP contribution is 2.17. The van der Waals surface area contributed by atoms with Gasteiger partial charge in [-0.1, -0.05) is 6.07 Å². The van der Waals surface area contributed by atoms with Gasteiger partial charge in [0, 0.05) is 24.5 Å². The molecule has 2 aromatic heterocycles. The first-order valence-corrected chi connectivity index (χ1v) is 6.61. The summed E-state index contributed by atoms with van der Waals surface area (Å²) in [4.78, 5) is 16.3. The van der Waals surface area contributed by atoms with Gasteiger partial charge >= 0.3 is 0 Å². The van der Waals surface area contributed by atoms with Crippen LogP contribution >= 0.6 is 0 Å². The third-order valence-corrected chi connectivity index (χ3v) is 3.82. The minimum atomic E-state index is 0.0171. The summed E-state index contributed by atoms with van der Waals surface area (Å²) in [5.74, 6) is 0.0171. The number of nitrogens with one attached hydrogen (secondary N) is 1. The van der Waals surface area contributed by atoms with E-state index >= 15 is 0 Å². The van der Waals surface area contributed by atoms with Crippen molar-refractivity contribution in [3.05, 3.63) is 35.8 Å². The van der Waals surface area contributed by atoms with Crippen LogP contribution in [0.15, 0.2) is 24.5 Å². The average Bonchev–Trinajstić information content (AvgIpc) is 2.79. The molecule has 3 N–H and O–H groups in total. The number of aromatic nitrogens is 2. The van der Waals surface area contributed by atoms with Gasteiger partial charge in [-0.25, -0.2) is 4.98 Å². The van der Waals surface area contributed by atoms with Crippen LogP contribution < -0.4 is 11.1 Å². The fourth-order valence-corrected chi connectivity index (χ4v) is 2.46. The van der Waals surface area contributed by atoms with Gasteiger partial charge in [0.15, 0.2) is 0 Å². The van der Waals surface area contributed by atoms with E-state index in [1.807, 2.05) is 29.7 Å². The van der Waals surface area contributed by atoms with Gasteiger partial charge in [-0.3, -0.25) is 4.79 Å². The summed E-state index contributed by atoms with van der Waals surface area (Å²) < 4.78 is 1.97. The quantitative estimate of drug-likeness (QED) is 0.855. The van der Waals surface area contributed by atoms with Gasteiger partial charge in [0.25, 0.3) is 0 Å². The predicted molar refractivity (Wildman–Crippen MR) is 72.8 cm³/mol. The van der Waals surface area contributed by atoms with Crippen molar-refractivity contribution in [1.82, 2.24) is 14.7 Å². The van der Waals surface area contributed by atoms with Crippen LogP contribution in [-0.4, -0.2) is 27.4 Å². The number of imidazole rings is 1. The number of carbonyl (C=O) groups excluding carboxylic acids is 1. The van der Waals surface area contributed by atoms with Crippen molar-refractivity contribution < 1.29 is 4.79 Å². The highest BCUT2D eigenvalue weighted by Gasteiger charge is 2.28. The normalized spacial score (nSPS) is 22.2. The Bertz CT molecular complexity index is 619. The topological polar surface area (TPSA) is 72.4 Å². The number of fused-ring (bicyclic) bond motifs is 1. The molecule has 0 aromatic carbocycles. The highest BCUT2D eigenvalue weighted by atomic mass is 16.1. The zero-order valence-corrected chi connectivity index (χ0v) is 11.0. The molecule has 1 aliphatic rings. The Morgan fingerprint density at radius 2 is 2.42 bits per heavy atom. The van der Waals surface area contributed by atoms with Gasteiger partial charge < -0.3 is 15.5 Å². The van der Waals surface area contributed by atoms with Crippen molar-refractivity contribution in [1.29, 1.82) is 0 Å². The molecule has 3 rings (SSSR count). The number of hydrogen-bond acceptors (Lipinski definition) is 3.